The minimum atomic E-state index is 0.313. The highest BCUT2D eigenvalue weighted by Gasteiger charge is 2.12. The minimum Gasteiger partial charge on any atom is -0.310 e. The summed E-state index contributed by atoms with van der Waals surface area (Å²) in [6.45, 7) is 7.41. The smallest absolute Gasteiger partial charge is 0.0423 e. The van der Waals surface area contributed by atoms with E-state index in [1.165, 1.54) is 16.7 Å². The second-order valence-electron chi connectivity index (χ2n) is 5.13. The van der Waals surface area contributed by atoms with E-state index in [9.17, 15) is 0 Å². The van der Waals surface area contributed by atoms with Crippen LogP contribution in [0.15, 0.2) is 41.0 Å². The van der Waals surface area contributed by atoms with E-state index in [2.05, 4.69) is 71.3 Å². The minimum absolute atomic E-state index is 0.313. The van der Waals surface area contributed by atoms with Gasteiger partial charge in [-0.15, -0.1) is 0 Å². The fraction of sp³-hybridized carbons (Fsp3) is 0.353. The number of hydrogen-bond acceptors (Lipinski definition) is 2. The van der Waals surface area contributed by atoms with E-state index >= 15 is 0 Å². The Kier molecular flexibility index (Phi) is 5.32. The second-order valence-corrected chi connectivity index (χ2v) is 6.04. The summed E-state index contributed by atoms with van der Waals surface area (Å²) in [6, 6.07) is 11.1. The maximum atomic E-state index is 4.48. The van der Waals surface area contributed by atoms with Crippen LogP contribution in [0.2, 0.25) is 0 Å². The van der Waals surface area contributed by atoms with Crippen LogP contribution in [0, 0.1) is 13.8 Å². The van der Waals surface area contributed by atoms with Gasteiger partial charge in [-0.1, -0.05) is 25.1 Å². The Morgan fingerprint density at radius 3 is 2.55 bits per heavy atom. The molecule has 1 aromatic heterocycles. The largest absolute Gasteiger partial charge is 0.310 e. The van der Waals surface area contributed by atoms with Gasteiger partial charge >= 0.3 is 0 Å². The zero-order valence-electron chi connectivity index (χ0n) is 12.3. The lowest BCUT2D eigenvalue weighted by Gasteiger charge is -2.19. The van der Waals surface area contributed by atoms with Gasteiger partial charge in [-0.2, -0.15) is 0 Å². The van der Waals surface area contributed by atoms with Crippen molar-refractivity contribution >= 4 is 15.9 Å². The molecule has 2 nitrogen and oxygen atoms in total. The summed E-state index contributed by atoms with van der Waals surface area (Å²) in [5.74, 6) is 0. The van der Waals surface area contributed by atoms with Crippen LogP contribution in [0.3, 0.4) is 0 Å². The lowest BCUT2D eigenvalue weighted by molar-refractivity contribution is 0.543. The van der Waals surface area contributed by atoms with Crippen molar-refractivity contribution in [3.63, 3.8) is 0 Å². The highest BCUT2D eigenvalue weighted by atomic mass is 79.9. The van der Waals surface area contributed by atoms with Crippen LogP contribution in [0.4, 0.5) is 0 Å². The molecule has 1 aromatic carbocycles. The first-order valence-corrected chi connectivity index (χ1v) is 7.80. The first-order chi connectivity index (χ1) is 9.60. The van der Waals surface area contributed by atoms with Crippen molar-refractivity contribution in [2.75, 3.05) is 6.54 Å². The van der Waals surface area contributed by atoms with E-state index in [1.54, 1.807) is 0 Å². The number of likely N-dealkylation sites (N-methyl/N-ethyl adjacent to an activating group) is 1. The Morgan fingerprint density at radius 1 is 1.15 bits per heavy atom. The number of rotatable bonds is 5. The molecule has 1 N–H and O–H groups in total. The van der Waals surface area contributed by atoms with Crippen molar-refractivity contribution < 1.29 is 0 Å². The third-order valence-corrected chi connectivity index (χ3v) is 4.05. The van der Waals surface area contributed by atoms with Crippen molar-refractivity contribution in [1.82, 2.24) is 10.3 Å². The van der Waals surface area contributed by atoms with Gasteiger partial charge in [-0.3, -0.25) is 4.98 Å². The number of nitrogens with one attached hydrogen (secondary N) is 1. The van der Waals surface area contributed by atoms with Crippen molar-refractivity contribution in [2.45, 2.75) is 33.2 Å². The Morgan fingerprint density at radius 2 is 1.95 bits per heavy atom. The number of halogens is 1. The molecule has 1 atom stereocenters. The number of nitrogens with zero attached hydrogens (tertiary/aromatic N) is 1. The van der Waals surface area contributed by atoms with Crippen LogP contribution >= 0.6 is 15.9 Å². The molecule has 0 fully saturated rings. The summed E-state index contributed by atoms with van der Waals surface area (Å²) in [7, 11) is 0. The van der Waals surface area contributed by atoms with E-state index in [0.29, 0.717) is 6.04 Å². The van der Waals surface area contributed by atoms with Gasteiger partial charge in [-0.25, -0.2) is 0 Å². The standard InChI is InChI=1S/C17H21BrN2/c1-4-19-17(10-16-8-7-15(18)11-20-16)14-6-5-12(2)13(3)9-14/h5-9,11,17,19H,4,10H2,1-3H3. The Labute approximate surface area is 129 Å². The van der Waals surface area contributed by atoms with Crippen LogP contribution in [0.1, 0.15) is 35.3 Å². The zero-order valence-corrected chi connectivity index (χ0v) is 13.9. The van der Waals surface area contributed by atoms with Gasteiger partial charge in [0.05, 0.1) is 0 Å². The lowest BCUT2D eigenvalue weighted by Crippen LogP contribution is -2.23. The molecule has 106 valence electrons. The van der Waals surface area contributed by atoms with Gasteiger partial charge in [0, 0.05) is 28.8 Å². The van der Waals surface area contributed by atoms with Gasteiger partial charge in [0.2, 0.25) is 0 Å². The molecular formula is C17H21BrN2. The maximum Gasteiger partial charge on any atom is 0.0423 e. The van der Waals surface area contributed by atoms with Crippen LogP contribution < -0.4 is 5.32 Å². The third kappa shape index (κ3) is 3.90. The van der Waals surface area contributed by atoms with Gasteiger partial charge in [0.1, 0.15) is 0 Å². The first-order valence-electron chi connectivity index (χ1n) is 7.01. The Balaban J connectivity index is 2.21. The van der Waals surface area contributed by atoms with Crippen LogP contribution in [-0.2, 0) is 6.42 Å². The third-order valence-electron chi connectivity index (χ3n) is 3.59. The number of aryl methyl sites for hydroxylation is 2. The molecule has 0 aliphatic carbocycles. The highest BCUT2D eigenvalue weighted by Crippen LogP contribution is 2.21. The molecule has 3 heteroatoms. The molecule has 1 unspecified atom stereocenters. The van der Waals surface area contributed by atoms with Crippen molar-refractivity contribution in [3.8, 4) is 0 Å². The molecular weight excluding hydrogens is 312 g/mol. The van der Waals surface area contributed by atoms with E-state index in [4.69, 9.17) is 0 Å². The van der Waals surface area contributed by atoms with E-state index < -0.39 is 0 Å². The van der Waals surface area contributed by atoms with Crippen LogP contribution in [-0.4, -0.2) is 11.5 Å². The van der Waals surface area contributed by atoms with Crippen LogP contribution in [0.25, 0.3) is 0 Å². The summed E-state index contributed by atoms with van der Waals surface area (Å²) < 4.78 is 1.02. The summed E-state index contributed by atoms with van der Waals surface area (Å²) in [5, 5.41) is 3.56. The van der Waals surface area contributed by atoms with Gasteiger partial charge in [0.15, 0.2) is 0 Å². The average molecular weight is 333 g/mol. The van der Waals surface area contributed by atoms with Crippen molar-refractivity contribution in [3.05, 3.63) is 63.4 Å². The first kappa shape index (κ1) is 15.2. The fourth-order valence-electron chi connectivity index (χ4n) is 2.27. The molecule has 2 aromatic rings. The predicted octanol–water partition coefficient (Wildman–Crippen LogP) is 4.35. The molecule has 0 saturated carbocycles. The SMILES string of the molecule is CCNC(Cc1ccc(Br)cn1)c1ccc(C)c(C)c1. The molecule has 0 amide bonds. The fourth-order valence-corrected chi connectivity index (χ4v) is 2.51. The molecule has 0 aliphatic rings. The maximum absolute atomic E-state index is 4.48. The van der Waals surface area contributed by atoms with Crippen LogP contribution in [0.5, 0.6) is 0 Å². The van der Waals surface area contributed by atoms with Crippen molar-refractivity contribution in [2.24, 2.45) is 0 Å². The monoisotopic (exact) mass is 332 g/mol. The van der Waals surface area contributed by atoms with E-state index in [1.807, 2.05) is 12.3 Å². The Bertz CT molecular complexity index is 564. The second kappa shape index (κ2) is 7.00. The topological polar surface area (TPSA) is 24.9 Å². The lowest BCUT2D eigenvalue weighted by atomic mass is 9.97. The molecule has 0 bridgehead atoms. The predicted molar refractivity (Wildman–Crippen MR) is 88.0 cm³/mol. The normalized spacial score (nSPS) is 12.4. The number of hydrogen-bond donors (Lipinski definition) is 1. The molecule has 2 rings (SSSR count). The number of aromatic nitrogens is 1. The van der Waals surface area contributed by atoms with Gasteiger partial charge < -0.3 is 5.32 Å². The molecule has 0 radical (unpaired) electrons. The molecule has 1 heterocycles. The van der Waals surface area contributed by atoms with Gasteiger partial charge in [0.25, 0.3) is 0 Å². The van der Waals surface area contributed by atoms with E-state index in [-0.39, 0.29) is 0 Å². The Hall–Kier alpha value is -1.19. The quantitative estimate of drug-likeness (QED) is 0.880. The average Bonchev–Trinajstić information content (AvgIpc) is 2.44. The summed E-state index contributed by atoms with van der Waals surface area (Å²) >= 11 is 3.43. The zero-order chi connectivity index (χ0) is 14.5. The summed E-state index contributed by atoms with van der Waals surface area (Å²) in [4.78, 5) is 4.48. The molecule has 20 heavy (non-hydrogen) atoms. The van der Waals surface area contributed by atoms with E-state index in [0.717, 1.165) is 23.1 Å². The number of benzene rings is 1. The molecule has 0 spiro atoms. The number of pyridine rings is 1. The summed E-state index contributed by atoms with van der Waals surface area (Å²) in [5.41, 5.74) is 5.12. The van der Waals surface area contributed by atoms with Gasteiger partial charge in [-0.05, 0) is 65.1 Å². The molecule has 0 saturated heterocycles. The molecule has 0 aliphatic heterocycles. The summed E-state index contributed by atoms with van der Waals surface area (Å²) in [6.07, 6.45) is 2.77. The van der Waals surface area contributed by atoms with Crippen molar-refractivity contribution in [1.29, 1.82) is 0 Å². The highest BCUT2D eigenvalue weighted by molar-refractivity contribution is 9.10.